The second-order valence-electron chi connectivity index (χ2n) is 6.41. The molecule has 0 unspecified atom stereocenters. The number of amides is 1. The monoisotopic (exact) mass is 342 g/mol. The predicted octanol–water partition coefficient (Wildman–Crippen LogP) is 3.39. The highest BCUT2D eigenvalue weighted by Crippen LogP contribution is 2.30. The summed E-state index contributed by atoms with van der Waals surface area (Å²) in [7, 11) is 0. The van der Waals surface area contributed by atoms with E-state index < -0.39 is 0 Å². The molecule has 25 heavy (non-hydrogen) atoms. The average molecular weight is 342 g/mol. The third kappa shape index (κ3) is 3.95. The maximum absolute atomic E-state index is 13.7. The molecule has 3 rings (SSSR count). The number of halogens is 1. The van der Waals surface area contributed by atoms with Gasteiger partial charge in [0.2, 0.25) is 5.91 Å². The Morgan fingerprint density at radius 2 is 2.16 bits per heavy atom. The lowest BCUT2D eigenvalue weighted by Gasteiger charge is -2.20. The Kier molecular flexibility index (Phi) is 4.97. The van der Waals surface area contributed by atoms with Gasteiger partial charge in [0.05, 0.1) is 6.04 Å². The number of fused-ring (bicyclic) bond motifs is 1. The van der Waals surface area contributed by atoms with Crippen molar-refractivity contribution in [3.8, 4) is 0 Å². The number of carbonyl (C=O) groups excluding carboxylic acids is 1. The predicted molar refractivity (Wildman–Crippen MR) is 94.6 cm³/mol. The summed E-state index contributed by atoms with van der Waals surface area (Å²) in [6, 6.07) is 6.72. The summed E-state index contributed by atoms with van der Waals surface area (Å²) in [5.41, 5.74) is 2.83. The van der Waals surface area contributed by atoms with Gasteiger partial charge in [0, 0.05) is 31.8 Å². The number of rotatable bonds is 3. The summed E-state index contributed by atoms with van der Waals surface area (Å²) >= 11 is 0. The van der Waals surface area contributed by atoms with Gasteiger partial charge in [-0.1, -0.05) is 13.0 Å². The van der Waals surface area contributed by atoms with Gasteiger partial charge < -0.3 is 10.2 Å². The van der Waals surface area contributed by atoms with Crippen LogP contribution in [0.1, 0.15) is 49.0 Å². The van der Waals surface area contributed by atoms with E-state index in [-0.39, 0.29) is 17.8 Å². The van der Waals surface area contributed by atoms with Gasteiger partial charge in [-0.25, -0.2) is 14.4 Å². The minimum atomic E-state index is -0.283. The molecule has 5 nitrogen and oxygen atoms in total. The van der Waals surface area contributed by atoms with Crippen LogP contribution in [0.25, 0.3) is 0 Å². The van der Waals surface area contributed by atoms with Gasteiger partial charge >= 0.3 is 0 Å². The minimum Gasteiger partial charge on any atom is -0.363 e. The Hall–Kier alpha value is -2.50. The van der Waals surface area contributed by atoms with Crippen molar-refractivity contribution in [2.75, 3.05) is 11.9 Å². The smallest absolute Gasteiger partial charge is 0.219 e. The molecule has 0 fully saturated rings. The number of aromatic nitrogens is 2. The highest BCUT2D eigenvalue weighted by Gasteiger charge is 2.24. The summed E-state index contributed by atoms with van der Waals surface area (Å²) in [6.07, 6.45) is 1.57. The maximum Gasteiger partial charge on any atom is 0.219 e. The van der Waals surface area contributed by atoms with Crippen molar-refractivity contribution in [3.63, 3.8) is 0 Å². The number of carbonyl (C=O) groups is 1. The molecule has 2 heterocycles. The lowest BCUT2D eigenvalue weighted by molar-refractivity contribution is -0.129. The molecule has 0 spiro atoms. The minimum absolute atomic E-state index is 0.00186. The summed E-state index contributed by atoms with van der Waals surface area (Å²) in [4.78, 5) is 22.5. The van der Waals surface area contributed by atoms with Crippen molar-refractivity contribution in [2.45, 2.75) is 46.2 Å². The molecular weight excluding hydrogens is 319 g/mol. The number of hydrogen-bond donors (Lipinski definition) is 1. The fraction of sp³-hybridized carbons (Fsp3) is 0.421. The molecule has 1 amide bonds. The number of nitrogens with zero attached hydrogens (tertiary/aromatic N) is 3. The second-order valence-corrected chi connectivity index (χ2v) is 6.41. The summed E-state index contributed by atoms with van der Waals surface area (Å²) in [6.45, 7) is 6.53. The van der Waals surface area contributed by atoms with Crippen LogP contribution >= 0.6 is 0 Å². The Morgan fingerprint density at radius 3 is 2.88 bits per heavy atom. The number of hydrogen-bond acceptors (Lipinski definition) is 4. The van der Waals surface area contributed by atoms with E-state index in [4.69, 9.17) is 0 Å². The van der Waals surface area contributed by atoms with Crippen LogP contribution in [0.3, 0.4) is 0 Å². The van der Waals surface area contributed by atoms with E-state index in [0.29, 0.717) is 13.1 Å². The van der Waals surface area contributed by atoms with Crippen LogP contribution in [0.4, 0.5) is 10.2 Å². The molecule has 6 heteroatoms. The van der Waals surface area contributed by atoms with E-state index in [1.54, 1.807) is 17.9 Å². The van der Waals surface area contributed by atoms with E-state index >= 15 is 0 Å². The van der Waals surface area contributed by atoms with Gasteiger partial charge in [0.15, 0.2) is 0 Å². The van der Waals surface area contributed by atoms with E-state index in [2.05, 4.69) is 22.2 Å². The zero-order valence-corrected chi connectivity index (χ0v) is 14.8. The molecule has 1 aliphatic rings. The lowest BCUT2D eigenvalue weighted by atomic mass is 9.99. The maximum atomic E-state index is 13.7. The summed E-state index contributed by atoms with van der Waals surface area (Å²) < 4.78 is 13.7. The van der Waals surface area contributed by atoms with E-state index in [9.17, 15) is 9.18 Å². The fourth-order valence-electron chi connectivity index (χ4n) is 3.26. The van der Waals surface area contributed by atoms with Gasteiger partial charge in [-0.05, 0) is 43.0 Å². The van der Waals surface area contributed by atoms with Crippen LogP contribution in [0, 0.1) is 12.7 Å². The molecule has 0 bridgehead atoms. The molecule has 0 radical (unpaired) electrons. The second kappa shape index (κ2) is 7.17. The molecule has 1 N–H and O–H groups in total. The first-order chi connectivity index (χ1) is 12.0. The van der Waals surface area contributed by atoms with Crippen molar-refractivity contribution in [3.05, 3.63) is 52.7 Å². The van der Waals surface area contributed by atoms with Crippen LogP contribution in [-0.2, 0) is 17.8 Å². The standard InChI is InChI=1S/C19H23FN4O/c1-4-16-10-19(22-12(2)21-16)23-18-7-8-24(13(3)25)11-14-9-15(20)5-6-17(14)18/h5-6,9-10,18H,4,7-8,11H2,1-3H3,(H,21,22,23)/t18-/m0/s1. The van der Waals surface area contributed by atoms with Gasteiger partial charge in [-0.15, -0.1) is 0 Å². The third-order valence-corrected chi connectivity index (χ3v) is 4.55. The number of nitrogens with one attached hydrogen (secondary N) is 1. The topological polar surface area (TPSA) is 58.1 Å². The fourth-order valence-corrected chi connectivity index (χ4v) is 3.26. The van der Waals surface area contributed by atoms with Crippen LogP contribution in [0.15, 0.2) is 24.3 Å². The first kappa shape index (κ1) is 17.3. The van der Waals surface area contributed by atoms with Crippen LogP contribution in [0.2, 0.25) is 0 Å². The molecule has 1 aromatic carbocycles. The molecule has 0 saturated carbocycles. The van der Waals surface area contributed by atoms with Gasteiger partial charge in [0.25, 0.3) is 0 Å². The van der Waals surface area contributed by atoms with Crippen molar-refractivity contribution >= 4 is 11.7 Å². The van der Waals surface area contributed by atoms with Gasteiger partial charge in [0.1, 0.15) is 17.5 Å². The lowest BCUT2D eigenvalue weighted by Crippen LogP contribution is -2.28. The zero-order chi connectivity index (χ0) is 18.0. The first-order valence-corrected chi connectivity index (χ1v) is 8.61. The first-order valence-electron chi connectivity index (χ1n) is 8.61. The molecule has 1 aliphatic heterocycles. The Bertz CT molecular complexity index is 793. The van der Waals surface area contributed by atoms with E-state index in [0.717, 1.165) is 41.3 Å². The summed E-state index contributed by atoms with van der Waals surface area (Å²) in [5.74, 6) is 1.21. The Balaban J connectivity index is 1.94. The molecule has 1 atom stereocenters. The zero-order valence-electron chi connectivity index (χ0n) is 14.8. The molecule has 132 valence electrons. The molecule has 1 aromatic heterocycles. The van der Waals surface area contributed by atoms with E-state index in [1.807, 2.05) is 13.0 Å². The number of benzene rings is 1. The normalized spacial score (nSPS) is 17.0. The largest absolute Gasteiger partial charge is 0.363 e. The number of aryl methyl sites for hydroxylation is 2. The van der Waals surface area contributed by atoms with E-state index in [1.165, 1.54) is 12.1 Å². The third-order valence-electron chi connectivity index (χ3n) is 4.55. The molecule has 0 aliphatic carbocycles. The average Bonchev–Trinajstić information content (AvgIpc) is 2.73. The molecule has 0 saturated heterocycles. The number of anilines is 1. The Morgan fingerprint density at radius 1 is 1.36 bits per heavy atom. The SMILES string of the molecule is CCc1cc(N[C@H]2CCN(C(C)=O)Cc3cc(F)ccc32)nc(C)n1. The molecular formula is C19H23FN4O. The quantitative estimate of drug-likeness (QED) is 0.929. The van der Waals surface area contributed by atoms with Crippen molar-refractivity contribution in [1.29, 1.82) is 0 Å². The van der Waals surface area contributed by atoms with Crippen molar-refractivity contribution in [1.82, 2.24) is 14.9 Å². The summed E-state index contributed by atoms with van der Waals surface area (Å²) in [5, 5.41) is 3.46. The highest BCUT2D eigenvalue weighted by atomic mass is 19.1. The molecule has 2 aromatic rings. The van der Waals surface area contributed by atoms with Crippen LogP contribution in [-0.4, -0.2) is 27.3 Å². The van der Waals surface area contributed by atoms with Gasteiger partial charge in [-0.2, -0.15) is 0 Å². The van der Waals surface area contributed by atoms with Crippen molar-refractivity contribution < 1.29 is 9.18 Å². The van der Waals surface area contributed by atoms with Crippen molar-refractivity contribution in [2.24, 2.45) is 0 Å². The van der Waals surface area contributed by atoms with Crippen LogP contribution in [0.5, 0.6) is 0 Å². The van der Waals surface area contributed by atoms with Gasteiger partial charge in [-0.3, -0.25) is 4.79 Å². The Labute approximate surface area is 147 Å². The highest BCUT2D eigenvalue weighted by molar-refractivity contribution is 5.73. The van der Waals surface area contributed by atoms with Crippen LogP contribution < -0.4 is 5.32 Å².